The molecule has 188 valence electrons. The highest BCUT2D eigenvalue weighted by molar-refractivity contribution is 6.16. The summed E-state index contributed by atoms with van der Waals surface area (Å²) in [6, 6.07) is 9.63. The van der Waals surface area contributed by atoms with Crippen LogP contribution in [-0.2, 0) is 9.59 Å². The van der Waals surface area contributed by atoms with Crippen LogP contribution in [0, 0.1) is 12.7 Å². The van der Waals surface area contributed by atoms with Crippen LogP contribution >= 0.6 is 0 Å². The number of hydrogen-bond donors (Lipinski definition) is 2. The van der Waals surface area contributed by atoms with Crippen molar-refractivity contribution < 1.29 is 18.8 Å². The summed E-state index contributed by atoms with van der Waals surface area (Å²) in [6.45, 7) is 10.5. The molecular formula is C28H31FN4O3. The number of urea groups is 1. The highest BCUT2D eigenvalue weighted by atomic mass is 19.1. The van der Waals surface area contributed by atoms with E-state index in [1.54, 1.807) is 18.2 Å². The maximum absolute atomic E-state index is 15.2. The predicted molar refractivity (Wildman–Crippen MR) is 140 cm³/mol. The van der Waals surface area contributed by atoms with E-state index in [-0.39, 0.29) is 16.8 Å². The van der Waals surface area contributed by atoms with E-state index in [1.165, 1.54) is 12.1 Å². The number of imide groups is 1. The van der Waals surface area contributed by atoms with Crippen LogP contribution in [-0.4, -0.2) is 41.4 Å². The Balaban J connectivity index is 1.57. The summed E-state index contributed by atoms with van der Waals surface area (Å²) in [5.74, 6) is -1.69. The molecule has 0 aliphatic carbocycles. The lowest BCUT2D eigenvalue weighted by Gasteiger charge is -2.43. The average molecular weight is 491 g/mol. The van der Waals surface area contributed by atoms with Crippen LogP contribution in [0.5, 0.6) is 0 Å². The second-order valence-corrected chi connectivity index (χ2v) is 9.82. The first-order valence-corrected chi connectivity index (χ1v) is 12.0. The standard InChI is InChI=1S/C28H31FN4O3/c1-6-11-33-24-14-22(29)19(12-21(24)18(3)15-28(33,4)5)13-23-26(35)32(27(36)31-23)16-25(34)30-20-9-7-17(2)8-10-20/h7-10,12-15H,6,11,16H2,1-5H3,(H,30,34)(H,31,36)/b23-13+. The molecule has 8 heteroatoms. The molecule has 0 atom stereocenters. The number of carbonyl (C=O) groups is 3. The summed E-state index contributed by atoms with van der Waals surface area (Å²) in [6.07, 6.45) is 4.39. The third kappa shape index (κ3) is 4.89. The predicted octanol–water partition coefficient (Wildman–Crippen LogP) is 5.08. The molecule has 4 amide bonds. The van der Waals surface area contributed by atoms with E-state index >= 15 is 4.39 Å². The zero-order chi connectivity index (χ0) is 26.2. The number of aryl methyl sites for hydroxylation is 1. The molecule has 1 fully saturated rings. The number of nitrogens with one attached hydrogen (secondary N) is 2. The molecular weight excluding hydrogens is 459 g/mol. The maximum Gasteiger partial charge on any atom is 0.329 e. The lowest BCUT2D eigenvalue weighted by Crippen LogP contribution is -2.45. The second-order valence-electron chi connectivity index (χ2n) is 9.82. The van der Waals surface area contributed by atoms with Crippen LogP contribution < -0.4 is 15.5 Å². The third-order valence-electron chi connectivity index (χ3n) is 6.44. The fourth-order valence-corrected chi connectivity index (χ4v) is 4.71. The van der Waals surface area contributed by atoms with E-state index in [1.807, 2.05) is 26.0 Å². The maximum atomic E-state index is 15.2. The number of benzene rings is 2. The van der Waals surface area contributed by atoms with E-state index in [9.17, 15) is 14.4 Å². The molecule has 0 aromatic heterocycles. The molecule has 1 saturated heterocycles. The molecule has 7 nitrogen and oxygen atoms in total. The van der Waals surface area contributed by atoms with Crippen molar-refractivity contribution in [1.82, 2.24) is 10.2 Å². The van der Waals surface area contributed by atoms with Crippen molar-refractivity contribution in [2.24, 2.45) is 0 Å². The minimum atomic E-state index is -0.726. The first-order valence-electron chi connectivity index (χ1n) is 12.0. The summed E-state index contributed by atoms with van der Waals surface area (Å²) in [7, 11) is 0. The Kier molecular flexibility index (Phi) is 6.71. The average Bonchev–Trinajstić information content (AvgIpc) is 3.06. The number of nitrogens with zero attached hydrogens (tertiary/aromatic N) is 2. The number of fused-ring (bicyclic) bond motifs is 1. The van der Waals surface area contributed by atoms with Gasteiger partial charge in [0.25, 0.3) is 5.91 Å². The van der Waals surface area contributed by atoms with Gasteiger partial charge in [0.2, 0.25) is 5.91 Å². The van der Waals surface area contributed by atoms with Crippen LogP contribution in [0.1, 0.15) is 50.8 Å². The van der Waals surface area contributed by atoms with E-state index < -0.39 is 30.2 Å². The number of carbonyl (C=O) groups excluding carboxylic acids is 3. The van der Waals surface area contributed by atoms with Gasteiger partial charge in [-0.3, -0.25) is 9.59 Å². The zero-order valence-electron chi connectivity index (χ0n) is 21.2. The fraction of sp³-hybridized carbons (Fsp3) is 0.321. The second kappa shape index (κ2) is 9.60. The topological polar surface area (TPSA) is 81.8 Å². The molecule has 36 heavy (non-hydrogen) atoms. The van der Waals surface area contributed by atoms with Gasteiger partial charge in [0.15, 0.2) is 0 Å². The van der Waals surface area contributed by atoms with E-state index in [2.05, 4.69) is 42.4 Å². The Bertz CT molecular complexity index is 1290. The number of hydrogen-bond acceptors (Lipinski definition) is 4. The van der Waals surface area contributed by atoms with Crippen molar-refractivity contribution >= 4 is 40.9 Å². The molecule has 0 unspecified atom stereocenters. The number of anilines is 2. The molecule has 2 aromatic carbocycles. The van der Waals surface area contributed by atoms with Crippen LogP contribution in [0.3, 0.4) is 0 Å². The Labute approximate surface area is 210 Å². The Morgan fingerprint density at radius 3 is 2.50 bits per heavy atom. The van der Waals surface area contributed by atoms with Crippen molar-refractivity contribution in [2.45, 2.75) is 46.6 Å². The van der Waals surface area contributed by atoms with Crippen molar-refractivity contribution in [3.8, 4) is 0 Å². The van der Waals surface area contributed by atoms with Crippen molar-refractivity contribution in [3.05, 3.63) is 70.7 Å². The highest BCUT2D eigenvalue weighted by Gasteiger charge is 2.36. The third-order valence-corrected chi connectivity index (χ3v) is 6.44. The van der Waals surface area contributed by atoms with Gasteiger partial charge in [-0.15, -0.1) is 0 Å². The Hall–Kier alpha value is -3.94. The first kappa shape index (κ1) is 25.2. The monoisotopic (exact) mass is 490 g/mol. The molecule has 2 aliphatic rings. The number of amides is 4. The molecule has 2 heterocycles. The smallest absolute Gasteiger partial charge is 0.329 e. The van der Waals surface area contributed by atoms with Gasteiger partial charge in [-0.25, -0.2) is 14.1 Å². The highest BCUT2D eigenvalue weighted by Crippen LogP contribution is 2.40. The minimum Gasteiger partial charge on any atom is -0.362 e. The molecule has 2 aliphatic heterocycles. The van der Waals surface area contributed by atoms with E-state index in [4.69, 9.17) is 0 Å². The molecule has 0 bridgehead atoms. The summed E-state index contributed by atoms with van der Waals surface area (Å²) in [5, 5.41) is 5.13. The fourth-order valence-electron chi connectivity index (χ4n) is 4.71. The normalized spacial score (nSPS) is 17.7. The van der Waals surface area contributed by atoms with Crippen LogP contribution in [0.2, 0.25) is 0 Å². The van der Waals surface area contributed by atoms with Gasteiger partial charge in [-0.05, 0) is 70.0 Å². The van der Waals surface area contributed by atoms with Crippen LogP contribution in [0.15, 0.2) is 48.2 Å². The van der Waals surface area contributed by atoms with Gasteiger partial charge >= 0.3 is 6.03 Å². The zero-order valence-corrected chi connectivity index (χ0v) is 21.2. The summed E-state index contributed by atoms with van der Waals surface area (Å²) < 4.78 is 15.2. The summed E-state index contributed by atoms with van der Waals surface area (Å²) >= 11 is 0. The molecule has 2 N–H and O–H groups in total. The van der Waals surface area contributed by atoms with Gasteiger partial charge < -0.3 is 15.5 Å². The molecule has 2 aromatic rings. The molecule has 0 radical (unpaired) electrons. The van der Waals surface area contributed by atoms with Gasteiger partial charge in [0.05, 0.1) is 5.54 Å². The van der Waals surface area contributed by atoms with E-state index in [0.717, 1.165) is 40.3 Å². The quantitative estimate of drug-likeness (QED) is 0.437. The number of allylic oxidation sites excluding steroid dienone is 1. The Morgan fingerprint density at radius 2 is 1.83 bits per heavy atom. The van der Waals surface area contributed by atoms with E-state index in [0.29, 0.717) is 5.69 Å². The van der Waals surface area contributed by atoms with Gasteiger partial charge in [0.1, 0.15) is 18.1 Å². The molecule has 4 rings (SSSR count). The van der Waals surface area contributed by atoms with Crippen LogP contribution in [0.4, 0.5) is 20.6 Å². The number of halogens is 1. The van der Waals surface area contributed by atoms with Gasteiger partial charge in [-0.1, -0.05) is 30.7 Å². The lowest BCUT2D eigenvalue weighted by molar-refractivity contribution is -0.127. The van der Waals surface area contributed by atoms with Gasteiger partial charge in [-0.2, -0.15) is 0 Å². The van der Waals surface area contributed by atoms with Crippen LogP contribution in [0.25, 0.3) is 11.6 Å². The van der Waals surface area contributed by atoms with Crippen molar-refractivity contribution in [2.75, 3.05) is 23.3 Å². The summed E-state index contributed by atoms with van der Waals surface area (Å²) in [4.78, 5) is 40.7. The largest absolute Gasteiger partial charge is 0.362 e. The van der Waals surface area contributed by atoms with Crippen molar-refractivity contribution in [1.29, 1.82) is 0 Å². The SMILES string of the molecule is CCCN1c2cc(F)c(/C=C3/NC(=O)N(CC(=O)Nc4ccc(C)cc4)C3=O)cc2C(C)=CC1(C)C. The first-order chi connectivity index (χ1) is 17.0. The van der Waals surface area contributed by atoms with Crippen molar-refractivity contribution in [3.63, 3.8) is 0 Å². The minimum absolute atomic E-state index is 0.0785. The molecule has 0 saturated carbocycles. The number of rotatable bonds is 6. The molecule has 0 spiro atoms. The Morgan fingerprint density at radius 1 is 1.14 bits per heavy atom. The lowest BCUT2D eigenvalue weighted by atomic mass is 9.87. The summed E-state index contributed by atoms with van der Waals surface area (Å²) in [5.41, 5.74) is 4.15. The van der Waals surface area contributed by atoms with Gasteiger partial charge in [0, 0.05) is 29.0 Å².